The number of rotatable bonds is 9. The summed E-state index contributed by atoms with van der Waals surface area (Å²) in [6.45, 7) is -0.956. The summed E-state index contributed by atoms with van der Waals surface area (Å²) in [5.74, 6) is -0.715. The molecule has 2 fully saturated rings. The molecule has 3 heterocycles. The summed E-state index contributed by atoms with van der Waals surface area (Å²) >= 11 is 0. The third kappa shape index (κ3) is 6.42. The van der Waals surface area contributed by atoms with Gasteiger partial charge in [-0.05, 0) is 0 Å². The van der Waals surface area contributed by atoms with Gasteiger partial charge < -0.3 is 79.5 Å². The van der Waals surface area contributed by atoms with Gasteiger partial charge in [0.2, 0.25) is 11.5 Å². The van der Waals surface area contributed by atoms with Crippen molar-refractivity contribution in [1.82, 2.24) is 0 Å². The number of phenolic OH excluding ortho intramolecular Hbond substituents is 2. The third-order valence-electron chi connectivity index (χ3n) is 7.72. The maximum atomic E-state index is 10.5. The summed E-state index contributed by atoms with van der Waals surface area (Å²) in [7, 11) is 2.63. The van der Waals surface area contributed by atoms with E-state index in [0.29, 0.717) is 0 Å². The van der Waals surface area contributed by atoms with Gasteiger partial charge in [0.15, 0.2) is 24.1 Å². The maximum absolute atomic E-state index is 10.5. The SMILES string of the molecule is COc1cc(-c2[o+]c3cc(O)cc(OC[C@H]4OC(O)[C@H](O)[C@@H](O)[C@@H]4O)c3cc2OC[C@H]2OC(O)[C@H](O)[C@@H](O)[C@@H]2O)cc(OC)c1O. The van der Waals surface area contributed by atoms with Gasteiger partial charge in [-0.15, -0.1) is 0 Å². The van der Waals surface area contributed by atoms with Gasteiger partial charge in [-0.3, -0.25) is 0 Å². The van der Waals surface area contributed by atoms with Gasteiger partial charge in [-0.25, -0.2) is 4.42 Å². The number of aromatic hydroxyl groups is 2. The standard InChI is InChI=1S/C29H34O17/c1-40-15-3-10(4-16(41-2)20(15)31)27-17(43-9-19-22(33)24(35)26(37)29(39)46-19)7-12-13(5-11(30)6-14(12)44-27)42-8-18-21(32)23(34)25(36)28(38)45-18/h3-7,18-19,21-26,28-29,32-39H,8-9H2,1-2H3,(H-,30,31)/p+1/t18-,19-,21-,22-,23+,24+,25-,26-,28?,29?/m1/s1. The van der Waals surface area contributed by atoms with Gasteiger partial charge in [0.05, 0.1) is 25.8 Å². The van der Waals surface area contributed by atoms with E-state index in [0.717, 1.165) is 0 Å². The molecule has 2 aliphatic heterocycles. The van der Waals surface area contributed by atoms with E-state index in [-0.39, 0.29) is 56.8 Å². The van der Waals surface area contributed by atoms with Crippen LogP contribution >= 0.6 is 0 Å². The average Bonchev–Trinajstić information content (AvgIpc) is 3.04. The Morgan fingerprint density at radius 3 is 1.61 bits per heavy atom. The zero-order valence-corrected chi connectivity index (χ0v) is 24.4. The predicted octanol–water partition coefficient (Wildman–Crippen LogP) is -1.83. The van der Waals surface area contributed by atoms with Crippen LogP contribution in [-0.4, -0.2) is 140 Å². The van der Waals surface area contributed by atoms with Crippen LogP contribution in [0.2, 0.25) is 0 Å². The fourth-order valence-corrected chi connectivity index (χ4v) is 5.10. The molecule has 0 amide bonds. The summed E-state index contributed by atoms with van der Waals surface area (Å²) in [4.78, 5) is 0. The van der Waals surface area contributed by atoms with Gasteiger partial charge in [-0.2, -0.15) is 0 Å². The summed E-state index contributed by atoms with van der Waals surface area (Å²) in [5.41, 5.74) is 0.280. The topological polar surface area (TPSA) is 269 Å². The lowest BCUT2D eigenvalue weighted by molar-refractivity contribution is -0.285. The molecule has 2 unspecified atom stereocenters. The van der Waals surface area contributed by atoms with Crippen molar-refractivity contribution >= 4 is 11.0 Å². The molecule has 2 aliphatic rings. The van der Waals surface area contributed by atoms with Crippen LogP contribution in [0.5, 0.6) is 34.5 Å². The quantitative estimate of drug-likeness (QED) is 0.114. The van der Waals surface area contributed by atoms with Crippen LogP contribution in [0.3, 0.4) is 0 Å². The number of fused-ring (bicyclic) bond motifs is 1. The molecule has 1 aromatic heterocycles. The normalized spacial score (nSPS) is 31.4. The van der Waals surface area contributed by atoms with Crippen LogP contribution in [0.15, 0.2) is 34.7 Å². The molecule has 10 atom stereocenters. The van der Waals surface area contributed by atoms with E-state index in [4.69, 9.17) is 32.8 Å². The Kier molecular flexibility index (Phi) is 9.89. The molecule has 10 N–H and O–H groups in total. The fourth-order valence-electron chi connectivity index (χ4n) is 5.10. The Hall–Kier alpha value is -3.75. The molecule has 2 aromatic carbocycles. The lowest BCUT2D eigenvalue weighted by Gasteiger charge is -2.38. The minimum atomic E-state index is -1.82. The number of aliphatic hydroxyl groups is 8. The molecule has 3 aromatic rings. The molecule has 17 heteroatoms. The first-order chi connectivity index (χ1) is 21.8. The van der Waals surface area contributed by atoms with Crippen molar-refractivity contribution in [2.75, 3.05) is 27.4 Å². The molecular formula is C29H35O17+. The predicted molar refractivity (Wildman–Crippen MR) is 151 cm³/mol. The number of aliphatic hydroxyl groups excluding tert-OH is 8. The molecule has 0 bridgehead atoms. The minimum absolute atomic E-state index is 0.00216. The fraction of sp³-hybridized carbons (Fsp3) is 0.483. The molecular weight excluding hydrogens is 620 g/mol. The van der Waals surface area contributed by atoms with E-state index in [1.54, 1.807) is 0 Å². The number of benzene rings is 2. The highest BCUT2D eigenvalue weighted by molar-refractivity contribution is 5.89. The van der Waals surface area contributed by atoms with Crippen molar-refractivity contribution in [2.24, 2.45) is 0 Å². The highest BCUT2D eigenvalue weighted by atomic mass is 16.7. The largest absolute Gasteiger partial charge is 0.507 e. The van der Waals surface area contributed by atoms with Crippen molar-refractivity contribution in [3.05, 3.63) is 30.3 Å². The van der Waals surface area contributed by atoms with Crippen LogP contribution in [0.4, 0.5) is 0 Å². The third-order valence-corrected chi connectivity index (χ3v) is 7.72. The average molecular weight is 656 g/mol. The first-order valence-electron chi connectivity index (χ1n) is 13.9. The highest BCUT2D eigenvalue weighted by Gasteiger charge is 2.45. The summed E-state index contributed by atoms with van der Waals surface area (Å²) in [6.07, 6.45) is -16.5. The van der Waals surface area contributed by atoms with Crippen molar-refractivity contribution < 1.29 is 83.9 Å². The summed E-state index contributed by atoms with van der Waals surface area (Å²) < 4.78 is 38.7. The maximum Gasteiger partial charge on any atom is 0.402 e. The second-order valence-corrected chi connectivity index (χ2v) is 10.7. The van der Waals surface area contributed by atoms with Gasteiger partial charge in [0.1, 0.15) is 78.9 Å². The van der Waals surface area contributed by atoms with Crippen LogP contribution in [-0.2, 0) is 9.47 Å². The smallest absolute Gasteiger partial charge is 0.402 e. The Labute approximate surface area is 260 Å². The van der Waals surface area contributed by atoms with Crippen LogP contribution in [0.1, 0.15) is 0 Å². The van der Waals surface area contributed by atoms with E-state index in [9.17, 15) is 51.1 Å². The van der Waals surface area contributed by atoms with Crippen molar-refractivity contribution in [1.29, 1.82) is 0 Å². The second-order valence-electron chi connectivity index (χ2n) is 10.7. The second kappa shape index (κ2) is 13.5. The Morgan fingerprint density at radius 2 is 1.11 bits per heavy atom. The van der Waals surface area contributed by atoms with E-state index in [1.807, 2.05) is 0 Å². The number of hydrogen-bond acceptors (Lipinski definition) is 16. The Bertz CT molecular complexity index is 1510. The number of hydrogen-bond donors (Lipinski definition) is 10. The van der Waals surface area contributed by atoms with Crippen molar-refractivity contribution in [3.8, 4) is 45.8 Å². The summed E-state index contributed by atoms with van der Waals surface area (Å²) in [6, 6.07) is 6.67. The van der Waals surface area contributed by atoms with Gasteiger partial charge in [0.25, 0.3) is 0 Å². The Balaban J connectivity index is 1.55. The van der Waals surface area contributed by atoms with E-state index in [2.05, 4.69) is 0 Å². The molecule has 0 radical (unpaired) electrons. The Morgan fingerprint density at radius 1 is 0.609 bits per heavy atom. The monoisotopic (exact) mass is 655 g/mol. The van der Waals surface area contributed by atoms with Crippen molar-refractivity contribution in [3.63, 3.8) is 0 Å². The lowest BCUT2D eigenvalue weighted by atomic mass is 9.99. The molecule has 252 valence electrons. The van der Waals surface area contributed by atoms with Gasteiger partial charge >= 0.3 is 11.3 Å². The zero-order chi connectivity index (χ0) is 33.4. The van der Waals surface area contributed by atoms with Crippen LogP contribution in [0, 0.1) is 0 Å². The molecule has 0 spiro atoms. The highest BCUT2D eigenvalue weighted by Crippen LogP contribution is 2.45. The summed E-state index contributed by atoms with van der Waals surface area (Å²) in [5, 5.41) is 101. The van der Waals surface area contributed by atoms with Gasteiger partial charge in [-0.1, -0.05) is 0 Å². The number of methoxy groups -OCH3 is 2. The first kappa shape index (κ1) is 33.6. The molecule has 46 heavy (non-hydrogen) atoms. The molecule has 17 nitrogen and oxygen atoms in total. The van der Waals surface area contributed by atoms with Gasteiger partial charge in [0, 0.05) is 24.3 Å². The molecule has 0 saturated carbocycles. The van der Waals surface area contributed by atoms with E-state index < -0.39 is 74.6 Å². The number of phenols is 2. The van der Waals surface area contributed by atoms with Crippen LogP contribution in [0.25, 0.3) is 22.3 Å². The molecule has 5 rings (SSSR count). The molecule has 0 aliphatic carbocycles. The van der Waals surface area contributed by atoms with E-state index >= 15 is 0 Å². The number of ether oxygens (including phenoxy) is 6. The van der Waals surface area contributed by atoms with Crippen LogP contribution < -0.4 is 18.9 Å². The lowest BCUT2D eigenvalue weighted by Crippen LogP contribution is -2.58. The molecule has 2 saturated heterocycles. The van der Waals surface area contributed by atoms with E-state index in [1.165, 1.54) is 44.6 Å². The van der Waals surface area contributed by atoms with Crippen molar-refractivity contribution in [2.45, 2.75) is 61.4 Å². The minimum Gasteiger partial charge on any atom is -0.507 e. The zero-order valence-electron chi connectivity index (χ0n) is 24.4. The first-order valence-corrected chi connectivity index (χ1v) is 13.9.